The Bertz CT molecular complexity index is 794. The minimum Gasteiger partial charge on any atom is -0.383 e. The fourth-order valence-corrected chi connectivity index (χ4v) is 2.34. The van der Waals surface area contributed by atoms with Crippen molar-refractivity contribution in [3.8, 4) is 22.4 Å². The molecule has 3 aromatic rings. The fraction of sp³-hybridized carbons (Fsp3) is 0.125. The van der Waals surface area contributed by atoms with Crippen molar-refractivity contribution in [3.63, 3.8) is 0 Å². The average Bonchev–Trinajstić information content (AvgIpc) is 2.78. The van der Waals surface area contributed by atoms with E-state index in [0.717, 1.165) is 11.1 Å². The van der Waals surface area contributed by atoms with Crippen molar-refractivity contribution in [2.75, 3.05) is 5.73 Å². The lowest BCUT2D eigenvalue weighted by molar-refractivity contribution is 0.629. The van der Waals surface area contributed by atoms with Gasteiger partial charge in [-0.15, -0.1) is 0 Å². The molecule has 0 aliphatic heterocycles. The van der Waals surface area contributed by atoms with Crippen molar-refractivity contribution in [2.24, 2.45) is 7.05 Å². The molecule has 2 heterocycles. The van der Waals surface area contributed by atoms with Gasteiger partial charge in [0.25, 0.3) is 0 Å². The summed E-state index contributed by atoms with van der Waals surface area (Å²) in [5.74, 6) is 0.169. The highest BCUT2D eigenvalue weighted by molar-refractivity contribution is 5.88. The number of hydrogen-bond donors (Lipinski definition) is 1. The average molecular weight is 282 g/mol. The molecule has 0 unspecified atom stereocenters. The molecule has 4 nitrogen and oxygen atoms in total. The molecule has 0 spiro atoms. The van der Waals surface area contributed by atoms with Crippen LogP contribution in [0.2, 0.25) is 0 Å². The number of anilines is 1. The number of pyridine rings is 1. The minimum atomic E-state index is -0.316. The van der Waals surface area contributed by atoms with Gasteiger partial charge < -0.3 is 5.73 Å². The van der Waals surface area contributed by atoms with E-state index in [4.69, 9.17) is 5.73 Å². The summed E-state index contributed by atoms with van der Waals surface area (Å²) in [5, 5.41) is 4.38. The number of halogens is 1. The van der Waals surface area contributed by atoms with Gasteiger partial charge >= 0.3 is 0 Å². The Morgan fingerprint density at radius 1 is 1.24 bits per heavy atom. The molecule has 0 saturated carbocycles. The second-order valence-corrected chi connectivity index (χ2v) is 4.96. The van der Waals surface area contributed by atoms with Crippen LogP contribution in [0.1, 0.15) is 5.56 Å². The molecule has 0 aliphatic rings. The Hall–Kier alpha value is -2.69. The van der Waals surface area contributed by atoms with Crippen LogP contribution in [0.25, 0.3) is 22.4 Å². The van der Waals surface area contributed by atoms with E-state index in [9.17, 15) is 4.39 Å². The zero-order valence-corrected chi connectivity index (χ0v) is 11.8. The number of nitrogens with zero attached hydrogens (tertiary/aromatic N) is 3. The van der Waals surface area contributed by atoms with Crippen molar-refractivity contribution in [1.29, 1.82) is 0 Å². The van der Waals surface area contributed by atoms with Gasteiger partial charge in [0.15, 0.2) is 0 Å². The predicted octanol–water partition coefficient (Wildman–Crippen LogP) is 3.18. The molecule has 0 bridgehead atoms. The third-order valence-corrected chi connectivity index (χ3v) is 3.42. The van der Waals surface area contributed by atoms with E-state index < -0.39 is 0 Å². The molecule has 0 fully saturated rings. The maximum Gasteiger partial charge on any atom is 0.132 e. The topological polar surface area (TPSA) is 56.7 Å². The highest BCUT2D eigenvalue weighted by atomic mass is 19.1. The summed E-state index contributed by atoms with van der Waals surface area (Å²) in [6, 6.07) is 8.66. The van der Waals surface area contributed by atoms with E-state index >= 15 is 0 Å². The molecular formula is C16H15FN4. The van der Waals surface area contributed by atoms with Crippen LogP contribution in [-0.2, 0) is 7.05 Å². The van der Waals surface area contributed by atoms with E-state index in [2.05, 4.69) is 10.1 Å². The quantitative estimate of drug-likeness (QED) is 0.785. The van der Waals surface area contributed by atoms with Crippen LogP contribution in [0.4, 0.5) is 10.2 Å². The number of rotatable bonds is 2. The SMILES string of the molecule is Cc1ccc(F)c(-c2nn(C)c(N)c2-c2cccnc2)c1. The Balaban J connectivity index is 2.29. The smallest absolute Gasteiger partial charge is 0.132 e. The van der Waals surface area contributed by atoms with Crippen LogP contribution >= 0.6 is 0 Å². The summed E-state index contributed by atoms with van der Waals surface area (Å²) in [6.45, 7) is 1.92. The summed E-state index contributed by atoms with van der Waals surface area (Å²) in [5.41, 5.74) is 9.58. The fourth-order valence-electron chi connectivity index (χ4n) is 2.34. The van der Waals surface area contributed by atoms with E-state index in [1.165, 1.54) is 6.07 Å². The molecule has 0 aliphatic carbocycles. The second-order valence-electron chi connectivity index (χ2n) is 4.96. The van der Waals surface area contributed by atoms with Crippen molar-refractivity contribution >= 4 is 5.82 Å². The summed E-state index contributed by atoms with van der Waals surface area (Å²) >= 11 is 0. The number of aryl methyl sites for hydroxylation is 2. The molecule has 21 heavy (non-hydrogen) atoms. The molecule has 0 atom stereocenters. The van der Waals surface area contributed by atoms with Gasteiger partial charge in [-0.2, -0.15) is 5.10 Å². The Morgan fingerprint density at radius 2 is 2.05 bits per heavy atom. The zero-order chi connectivity index (χ0) is 15.0. The van der Waals surface area contributed by atoms with Gasteiger partial charge in [-0.1, -0.05) is 17.7 Å². The number of aromatic nitrogens is 3. The number of benzene rings is 1. The lowest BCUT2D eigenvalue weighted by atomic mass is 10.0. The minimum absolute atomic E-state index is 0.316. The standard InChI is InChI=1S/C16H15FN4/c1-10-5-6-13(17)12(8-10)15-14(16(18)21(2)20-15)11-4-3-7-19-9-11/h3-9H,18H2,1-2H3. The first-order valence-electron chi connectivity index (χ1n) is 6.57. The van der Waals surface area contributed by atoms with Gasteiger partial charge in [0.05, 0.1) is 5.56 Å². The first-order chi connectivity index (χ1) is 10.1. The Kier molecular flexibility index (Phi) is 3.17. The van der Waals surface area contributed by atoms with Crippen LogP contribution in [-0.4, -0.2) is 14.8 Å². The summed E-state index contributed by atoms with van der Waals surface area (Å²) in [7, 11) is 1.74. The van der Waals surface area contributed by atoms with Crippen molar-refractivity contribution in [2.45, 2.75) is 6.92 Å². The third kappa shape index (κ3) is 2.27. The first-order valence-corrected chi connectivity index (χ1v) is 6.57. The zero-order valence-electron chi connectivity index (χ0n) is 11.8. The van der Waals surface area contributed by atoms with Crippen LogP contribution in [0.15, 0.2) is 42.7 Å². The summed E-state index contributed by atoms with van der Waals surface area (Å²) < 4.78 is 15.7. The predicted molar refractivity (Wildman–Crippen MR) is 81.0 cm³/mol. The lowest BCUT2D eigenvalue weighted by Gasteiger charge is -2.06. The first kappa shape index (κ1) is 13.3. The Morgan fingerprint density at radius 3 is 2.76 bits per heavy atom. The van der Waals surface area contributed by atoms with Crippen molar-refractivity contribution in [3.05, 3.63) is 54.1 Å². The molecule has 5 heteroatoms. The molecule has 2 aromatic heterocycles. The van der Waals surface area contributed by atoms with Gasteiger partial charge in [0.1, 0.15) is 17.3 Å². The molecule has 3 rings (SSSR count). The van der Waals surface area contributed by atoms with Crippen LogP contribution in [0.3, 0.4) is 0 Å². The van der Waals surface area contributed by atoms with Gasteiger partial charge in [-0.25, -0.2) is 4.39 Å². The van der Waals surface area contributed by atoms with E-state index in [-0.39, 0.29) is 5.82 Å². The maximum atomic E-state index is 14.2. The summed E-state index contributed by atoms with van der Waals surface area (Å²) in [4.78, 5) is 4.10. The molecule has 0 amide bonds. The van der Waals surface area contributed by atoms with Crippen LogP contribution in [0.5, 0.6) is 0 Å². The van der Waals surface area contributed by atoms with Crippen molar-refractivity contribution in [1.82, 2.24) is 14.8 Å². The molecule has 0 radical (unpaired) electrons. The Labute approximate surface area is 122 Å². The van der Waals surface area contributed by atoms with E-state index in [1.807, 2.05) is 19.1 Å². The molecule has 2 N–H and O–H groups in total. The molecular weight excluding hydrogens is 267 g/mol. The highest BCUT2D eigenvalue weighted by Gasteiger charge is 2.20. The molecule has 106 valence electrons. The number of nitrogens with two attached hydrogens (primary N) is 1. The maximum absolute atomic E-state index is 14.2. The van der Waals surface area contributed by atoms with Gasteiger partial charge in [0, 0.05) is 30.6 Å². The second kappa shape index (κ2) is 5.01. The van der Waals surface area contributed by atoms with Crippen LogP contribution in [0, 0.1) is 12.7 Å². The molecule has 0 saturated heterocycles. The number of hydrogen-bond acceptors (Lipinski definition) is 3. The van der Waals surface area contributed by atoms with Gasteiger partial charge in [0.2, 0.25) is 0 Å². The van der Waals surface area contributed by atoms with Crippen LogP contribution < -0.4 is 5.73 Å². The lowest BCUT2D eigenvalue weighted by Crippen LogP contribution is -1.98. The van der Waals surface area contributed by atoms with E-state index in [1.54, 1.807) is 36.3 Å². The highest BCUT2D eigenvalue weighted by Crippen LogP contribution is 2.36. The van der Waals surface area contributed by atoms with Gasteiger partial charge in [-0.3, -0.25) is 9.67 Å². The van der Waals surface area contributed by atoms with Gasteiger partial charge in [-0.05, 0) is 25.1 Å². The largest absolute Gasteiger partial charge is 0.383 e. The molecule has 1 aromatic carbocycles. The normalized spacial score (nSPS) is 10.8. The monoisotopic (exact) mass is 282 g/mol. The van der Waals surface area contributed by atoms with Crippen molar-refractivity contribution < 1.29 is 4.39 Å². The summed E-state index contributed by atoms with van der Waals surface area (Å²) in [6.07, 6.45) is 3.38. The number of nitrogen functional groups attached to an aromatic ring is 1. The van der Waals surface area contributed by atoms with E-state index in [0.29, 0.717) is 22.6 Å². The third-order valence-electron chi connectivity index (χ3n) is 3.42.